The third kappa shape index (κ3) is 4.61. The summed E-state index contributed by atoms with van der Waals surface area (Å²) in [6.07, 6.45) is 0. The Morgan fingerprint density at radius 2 is 2.08 bits per heavy atom. The minimum Gasteiger partial charge on any atom is -0.454 e. The zero-order valence-corrected chi connectivity index (χ0v) is 14.3. The van der Waals surface area contributed by atoms with Crippen LogP contribution in [0.25, 0.3) is 10.7 Å². The van der Waals surface area contributed by atoms with Crippen LogP contribution in [0.15, 0.2) is 41.8 Å². The smallest absolute Gasteiger partial charge is 0.330 e. The van der Waals surface area contributed by atoms with Crippen LogP contribution in [0.2, 0.25) is 5.02 Å². The van der Waals surface area contributed by atoms with Gasteiger partial charge in [-0.1, -0.05) is 29.8 Å². The van der Waals surface area contributed by atoms with E-state index in [9.17, 15) is 9.59 Å². The topological polar surface area (TPSA) is 99.0 Å². The predicted octanol–water partition coefficient (Wildman–Crippen LogP) is 2.24. The number of halogens is 1. The molecule has 2 aromatic heterocycles. The summed E-state index contributed by atoms with van der Waals surface area (Å²) in [5.74, 6) is -0.712. The molecule has 2 heterocycles. The van der Waals surface area contributed by atoms with E-state index >= 15 is 0 Å². The molecule has 0 aliphatic carbocycles. The van der Waals surface area contributed by atoms with E-state index in [1.165, 1.54) is 11.3 Å². The highest BCUT2D eigenvalue weighted by Gasteiger charge is 2.13. The maximum Gasteiger partial charge on any atom is 0.330 e. The molecule has 1 N–H and O–H groups in total. The Hall–Kier alpha value is -2.78. The SMILES string of the molecule is O=C(COC(=O)Cn1nnc(-c2cccs2)n1)Nc1ccccc1Cl. The number of para-hydroxylation sites is 1. The molecule has 0 unspecified atom stereocenters. The van der Waals surface area contributed by atoms with Gasteiger partial charge in [-0.05, 0) is 28.8 Å². The van der Waals surface area contributed by atoms with Crippen LogP contribution >= 0.6 is 22.9 Å². The molecule has 0 fully saturated rings. The number of ether oxygens (including phenoxy) is 1. The van der Waals surface area contributed by atoms with Crippen molar-refractivity contribution in [2.45, 2.75) is 6.54 Å². The molecule has 1 amide bonds. The molecular formula is C15H12ClN5O3S. The summed E-state index contributed by atoms with van der Waals surface area (Å²) >= 11 is 7.40. The van der Waals surface area contributed by atoms with Gasteiger partial charge in [0, 0.05) is 0 Å². The van der Waals surface area contributed by atoms with Crippen LogP contribution in [0.4, 0.5) is 5.69 Å². The van der Waals surface area contributed by atoms with Crippen LogP contribution in [0.1, 0.15) is 0 Å². The van der Waals surface area contributed by atoms with E-state index in [1.807, 2.05) is 17.5 Å². The standard InChI is InChI=1S/C15H12ClN5O3S/c16-10-4-1-2-5-11(10)17-13(22)9-24-14(23)8-21-19-15(18-20-21)12-6-3-7-25-12/h1-7H,8-9H2,(H,17,22). The number of anilines is 1. The number of thiophene rings is 1. The van der Waals surface area contributed by atoms with Gasteiger partial charge in [0.2, 0.25) is 5.82 Å². The van der Waals surface area contributed by atoms with Crippen molar-refractivity contribution in [3.8, 4) is 10.7 Å². The summed E-state index contributed by atoms with van der Waals surface area (Å²) in [5.41, 5.74) is 0.448. The van der Waals surface area contributed by atoms with Gasteiger partial charge in [-0.25, -0.2) is 4.79 Å². The van der Waals surface area contributed by atoms with Crippen molar-refractivity contribution in [2.75, 3.05) is 11.9 Å². The maximum absolute atomic E-state index is 11.8. The number of nitrogens with one attached hydrogen (secondary N) is 1. The van der Waals surface area contributed by atoms with Gasteiger partial charge in [0.25, 0.3) is 5.91 Å². The van der Waals surface area contributed by atoms with Crippen molar-refractivity contribution >= 4 is 40.5 Å². The molecule has 0 bridgehead atoms. The average Bonchev–Trinajstić information content (AvgIpc) is 3.26. The Morgan fingerprint density at radius 3 is 2.84 bits per heavy atom. The largest absolute Gasteiger partial charge is 0.454 e. The Kier molecular flexibility index (Phi) is 5.36. The lowest BCUT2D eigenvalue weighted by Crippen LogP contribution is -2.23. The minimum absolute atomic E-state index is 0.238. The fourth-order valence-corrected chi connectivity index (χ4v) is 2.70. The van der Waals surface area contributed by atoms with Gasteiger partial charge in [-0.15, -0.1) is 21.5 Å². The second-order valence-electron chi connectivity index (χ2n) is 4.81. The molecule has 10 heteroatoms. The normalized spacial score (nSPS) is 10.4. The van der Waals surface area contributed by atoms with Crippen LogP contribution in [0, 0.1) is 0 Å². The quantitative estimate of drug-likeness (QED) is 0.661. The summed E-state index contributed by atoms with van der Waals surface area (Å²) in [4.78, 5) is 25.5. The molecule has 8 nitrogen and oxygen atoms in total. The Balaban J connectivity index is 1.48. The number of hydrogen-bond acceptors (Lipinski definition) is 7. The first-order valence-electron chi connectivity index (χ1n) is 7.13. The number of hydrogen-bond donors (Lipinski definition) is 1. The number of nitrogens with zero attached hydrogens (tertiary/aromatic N) is 4. The lowest BCUT2D eigenvalue weighted by Gasteiger charge is -2.07. The first-order chi connectivity index (χ1) is 12.1. The Bertz CT molecular complexity index is 881. The Labute approximate surface area is 151 Å². The van der Waals surface area contributed by atoms with E-state index in [0.29, 0.717) is 16.5 Å². The van der Waals surface area contributed by atoms with E-state index < -0.39 is 18.5 Å². The third-order valence-corrected chi connectivity index (χ3v) is 4.17. The fourth-order valence-electron chi connectivity index (χ4n) is 1.87. The first-order valence-corrected chi connectivity index (χ1v) is 8.39. The maximum atomic E-state index is 11.8. The van der Waals surface area contributed by atoms with Gasteiger partial charge in [-0.2, -0.15) is 4.80 Å². The highest BCUT2D eigenvalue weighted by molar-refractivity contribution is 7.13. The molecule has 3 rings (SSSR count). The van der Waals surface area contributed by atoms with Gasteiger partial charge in [0.1, 0.15) is 0 Å². The zero-order valence-electron chi connectivity index (χ0n) is 12.8. The van der Waals surface area contributed by atoms with Crippen molar-refractivity contribution in [2.24, 2.45) is 0 Å². The van der Waals surface area contributed by atoms with E-state index in [0.717, 1.165) is 9.67 Å². The number of rotatable bonds is 6. The van der Waals surface area contributed by atoms with Crippen LogP contribution in [-0.2, 0) is 20.9 Å². The van der Waals surface area contributed by atoms with Crippen molar-refractivity contribution in [1.82, 2.24) is 20.2 Å². The van der Waals surface area contributed by atoms with Gasteiger partial charge in [0.05, 0.1) is 15.6 Å². The number of esters is 1. The van der Waals surface area contributed by atoms with Crippen LogP contribution in [0.5, 0.6) is 0 Å². The van der Waals surface area contributed by atoms with Crippen molar-refractivity contribution in [3.05, 3.63) is 46.8 Å². The third-order valence-electron chi connectivity index (χ3n) is 2.98. The second kappa shape index (κ2) is 7.86. The number of carbonyl (C=O) groups is 2. The molecule has 128 valence electrons. The molecule has 0 saturated heterocycles. The van der Waals surface area contributed by atoms with Gasteiger partial charge in [0.15, 0.2) is 13.2 Å². The average molecular weight is 378 g/mol. The first kappa shape index (κ1) is 17.1. The molecule has 0 spiro atoms. The monoisotopic (exact) mass is 377 g/mol. The van der Waals surface area contributed by atoms with Gasteiger partial charge >= 0.3 is 5.97 Å². The van der Waals surface area contributed by atoms with Crippen molar-refractivity contribution in [3.63, 3.8) is 0 Å². The molecular weight excluding hydrogens is 366 g/mol. The van der Waals surface area contributed by atoms with Crippen LogP contribution in [-0.4, -0.2) is 38.7 Å². The highest BCUT2D eigenvalue weighted by atomic mass is 35.5. The molecule has 0 atom stereocenters. The van der Waals surface area contributed by atoms with E-state index in [1.54, 1.807) is 24.3 Å². The van der Waals surface area contributed by atoms with Crippen molar-refractivity contribution < 1.29 is 14.3 Å². The summed E-state index contributed by atoms with van der Waals surface area (Å²) in [5, 5.41) is 16.6. The van der Waals surface area contributed by atoms with E-state index in [2.05, 4.69) is 20.7 Å². The van der Waals surface area contributed by atoms with E-state index in [-0.39, 0.29) is 6.54 Å². The van der Waals surface area contributed by atoms with Crippen molar-refractivity contribution in [1.29, 1.82) is 0 Å². The summed E-state index contributed by atoms with van der Waals surface area (Å²) in [6.45, 7) is -0.672. The van der Waals surface area contributed by atoms with Gasteiger partial charge < -0.3 is 10.1 Å². The van der Waals surface area contributed by atoms with Crippen LogP contribution < -0.4 is 5.32 Å². The van der Waals surface area contributed by atoms with E-state index in [4.69, 9.17) is 16.3 Å². The highest BCUT2D eigenvalue weighted by Crippen LogP contribution is 2.20. The zero-order chi connectivity index (χ0) is 17.6. The number of benzene rings is 1. The molecule has 0 aliphatic heterocycles. The van der Waals surface area contributed by atoms with Gasteiger partial charge in [-0.3, -0.25) is 4.79 Å². The molecule has 25 heavy (non-hydrogen) atoms. The molecule has 3 aromatic rings. The van der Waals surface area contributed by atoms with Crippen LogP contribution in [0.3, 0.4) is 0 Å². The molecule has 1 aromatic carbocycles. The molecule has 0 radical (unpaired) electrons. The summed E-state index contributed by atoms with van der Waals surface area (Å²) in [6, 6.07) is 10.5. The number of amides is 1. The Morgan fingerprint density at radius 1 is 1.24 bits per heavy atom. The molecule has 0 aliphatic rings. The molecule has 0 saturated carbocycles. The lowest BCUT2D eigenvalue weighted by molar-refractivity contribution is -0.148. The minimum atomic E-state index is -0.649. The second-order valence-corrected chi connectivity index (χ2v) is 6.16. The number of aromatic nitrogens is 4. The predicted molar refractivity (Wildman–Crippen MR) is 92.2 cm³/mol. The lowest BCUT2D eigenvalue weighted by atomic mass is 10.3. The number of carbonyl (C=O) groups excluding carboxylic acids is 2. The summed E-state index contributed by atoms with van der Waals surface area (Å²) in [7, 11) is 0. The summed E-state index contributed by atoms with van der Waals surface area (Å²) < 4.78 is 4.90. The fraction of sp³-hybridized carbons (Fsp3) is 0.133. The number of tetrazole rings is 1.